The van der Waals surface area contributed by atoms with Crippen LogP contribution in [0.5, 0.6) is 5.75 Å². The SMILES string of the molecule is COc1ccc(-c2ccc(CNC(=O)C(C)CN)cc2)cc1.Cl. The minimum absolute atomic E-state index is 0. The number of benzene rings is 2. The molecule has 2 rings (SSSR count). The van der Waals surface area contributed by atoms with Gasteiger partial charge < -0.3 is 15.8 Å². The minimum Gasteiger partial charge on any atom is -0.497 e. The van der Waals surface area contributed by atoms with Crippen molar-refractivity contribution < 1.29 is 9.53 Å². The number of carbonyl (C=O) groups is 1. The van der Waals surface area contributed by atoms with E-state index in [9.17, 15) is 4.79 Å². The van der Waals surface area contributed by atoms with Crippen molar-refractivity contribution in [1.82, 2.24) is 5.32 Å². The summed E-state index contributed by atoms with van der Waals surface area (Å²) in [5, 5.41) is 2.89. The maximum Gasteiger partial charge on any atom is 0.224 e. The largest absolute Gasteiger partial charge is 0.497 e. The van der Waals surface area contributed by atoms with Gasteiger partial charge in [0.1, 0.15) is 5.75 Å². The van der Waals surface area contributed by atoms with Crippen LogP contribution in [-0.2, 0) is 11.3 Å². The fourth-order valence-electron chi connectivity index (χ4n) is 2.07. The molecule has 0 aliphatic heterocycles. The Balaban J connectivity index is 0.00000264. The molecule has 0 heterocycles. The number of halogens is 1. The van der Waals surface area contributed by atoms with Crippen molar-refractivity contribution in [3.63, 3.8) is 0 Å². The van der Waals surface area contributed by atoms with Gasteiger partial charge in [0.25, 0.3) is 0 Å². The normalized spacial score (nSPS) is 11.3. The molecule has 23 heavy (non-hydrogen) atoms. The number of carbonyl (C=O) groups excluding carboxylic acids is 1. The third-order valence-electron chi connectivity index (χ3n) is 3.65. The summed E-state index contributed by atoms with van der Waals surface area (Å²) in [4.78, 5) is 11.7. The molecule has 0 saturated heterocycles. The lowest BCUT2D eigenvalue weighted by Crippen LogP contribution is -2.32. The van der Waals surface area contributed by atoms with Crippen LogP contribution in [-0.4, -0.2) is 19.6 Å². The highest BCUT2D eigenvalue weighted by atomic mass is 35.5. The first-order valence-electron chi connectivity index (χ1n) is 7.35. The highest BCUT2D eigenvalue weighted by Crippen LogP contribution is 2.22. The quantitative estimate of drug-likeness (QED) is 0.853. The van der Waals surface area contributed by atoms with Crippen LogP contribution in [0.4, 0.5) is 0 Å². The van der Waals surface area contributed by atoms with Crippen molar-refractivity contribution >= 4 is 18.3 Å². The average molecular weight is 335 g/mol. The maximum atomic E-state index is 11.7. The number of rotatable bonds is 6. The van der Waals surface area contributed by atoms with Crippen molar-refractivity contribution in [3.05, 3.63) is 54.1 Å². The summed E-state index contributed by atoms with van der Waals surface area (Å²) < 4.78 is 5.16. The summed E-state index contributed by atoms with van der Waals surface area (Å²) in [6, 6.07) is 16.1. The van der Waals surface area contributed by atoms with E-state index in [0.717, 1.165) is 22.4 Å². The topological polar surface area (TPSA) is 64.3 Å². The first kappa shape index (κ1) is 19.0. The first-order chi connectivity index (χ1) is 10.6. The summed E-state index contributed by atoms with van der Waals surface area (Å²) in [7, 11) is 1.66. The van der Waals surface area contributed by atoms with Gasteiger partial charge in [-0.1, -0.05) is 43.3 Å². The van der Waals surface area contributed by atoms with Gasteiger partial charge in [0.15, 0.2) is 0 Å². The molecule has 1 amide bonds. The number of nitrogens with two attached hydrogens (primary N) is 1. The molecule has 4 nitrogen and oxygen atoms in total. The standard InChI is InChI=1S/C18H22N2O2.ClH/c1-13(11-19)18(21)20-12-14-3-5-15(6-4-14)16-7-9-17(22-2)10-8-16;/h3-10,13H,11-12,19H2,1-2H3,(H,20,21);1H. The Labute approximate surface area is 143 Å². The molecule has 2 aromatic carbocycles. The molecule has 1 atom stereocenters. The van der Waals surface area contributed by atoms with E-state index < -0.39 is 0 Å². The summed E-state index contributed by atoms with van der Waals surface area (Å²) in [5.74, 6) is 0.678. The molecule has 0 spiro atoms. The molecular weight excluding hydrogens is 312 g/mol. The minimum atomic E-state index is -0.154. The van der Waals surface area contributed by atoms with Crippen molar-refractivity contribution in [2.75, 3.05) is 13.7 Å². The molecular formula is C18H23ClN2O2. The number of hydrogen-bond donors (Lipinski definition) is 2. The average Bonchev–Trinajstić information content (AvgIpc) is 2.59. The molecule has 0 aliphatic rings. The van der Waals surface area contributed by atoms with Crippen molar-refractivity contribution in [2.24, 2.45) is 11.7 Å². The van der Waals surface area contributed by atoms with E-state index in [1.54, 1.807) is 7.11 Å². The van der Waals surface area contributed by atoms with Crippen LogP contribution in [0.2, 0.25) is 0 Å². The van der Waals surface area contributed by atoms with Gasteiger partial charge >= 0.3 is 0 Å². The van der Waals surface area contributed by atoms with Crippen LogP contribution in [0.1, 0.15) is 12.5 Å². The Kier molecular flexibility index (Phi) is 7.59. The number of methoxy groups -OCH3 is 1. The van der Waals surface area contributed by atoms with Crippen molar-refractivity contribution in [3.8, 4) is 16.9 Å². The lowest BCUT2D eigenvalue weighted by atomic mass is 10.0. The van der Waals surface area contributed by atoms with Crippen molar-refractivity contribution in [1.29, 1.82) is 0 Å². The number of hydrogen-bond acceptors (Lipinski definition) is 3. The summed E-state index contributed by atoms with van der Waals surface area (Å²) >= 11 is 0. The van der Waals surface area contributed by atoms with Crippen LogP contribution in [0.25, 0.3) is 11.1 Å². The third kappa shape index (κ3) is 5.27. The van der Waals surface area contributed by atoms with Gasteiger partial charge in [-0.3, -0.25) is 4.79 Å². The van der Waals surface area contributed by atoms with Gasteiger partial charge in [-0.25, -0.2) is 0 Å². The third-order valence-corrected chi connectivity index (χ3v) is 3.65. The molecule has 2 aromatic rings. The molecule has 5 heteroatoms. The molecule has 1 unspecified atom stereocenters. The van der Waals surface area contributed by atoms with E-state index in [1.165, 1.54) is 0 Å². The predicted molar refractivity (Wildman–Crippen MR) is 95.7 cm³/mol. The molecule has 0 radical (unpaired) electrons. The fraction of sp³-hybridized carbons (Fsp3) is 0.278. The van der Waals surface area contributed by atoms with Gasteiger partial charge in [-0.05, 0) is 28.8 Å². The van der Waals surface area contributed by atoms with Gasteiger partial charge in [-0.2, -0.15) is 0 Å². The van der Waals surface area contributed by atoms with Crippen LogP contribution < -0.4 is 15.8 Å². The van der Waals surface area contributed by atoms with Gasteiger partial charge in [-0.15, -0.1) is 12.4 Å². The van der Waals surface area contributed by atoms with Crippen LogP contribution in [0.15, 0.2) is 48.5 Å². The number of nitrogens with one attached hydrogen (secondary N) is 1. The van der Waals surface area contributed by atoms with Crippen molar-refractivity contribution in [2.45, 2.75) is 13.5 Å². The lowest BCUT2D eigenvalue weighted by molar-refractivity contribution is -0.124. The van der Waals surface area contributed by atoms with E-state index >= 15 is 0 Å². The Morgan fingerprint density at radius 3 is 2.09 bits per heavy atom. The van der Waals surface area contributed by atoms with Crippen LogP contribution >= 0.6 is 12.4 Å². The Morgan fingerprint density at radius 1 is 1.09 bits per heavy atom. The second kappa shape index (κ2) is 9.18. The van der Waals surface area contributed by atoms with E-state index in [1.807, 2.05) is 43.3 Å². The van der Waals surface area contributed by atoms with Gasteiger partial charge in [0.2, 0.25) is 5.91 Å². The molecule has 124 valence electrons. The lowest BCUT2D eigenvalue weighted by Gasteiger charge is -2.10. The molecule has 0 aliphatic carbocycles. The number of ether oxygens (including phenoxy) is 1. The predicted octanol–water partition coefficient (Wildman–Crippen LogP) is 3.00. The van der Waals surface area contributed by atoms with Gasteiger partial charge in [0.05, 0.1) is 7.11 Å². The van der Waals surface area contributed by atoms with E-state index in [4.69, 9.17) is 10.5 Å². The summed E-state index contributed by atoms with van der Waals surface area (Å²) in [6.45, 7) is 2.70. The summed E-state index contributed by atoms with van der Waals surface area (Å²) in [6.07, 6.45) is 0. The first-order valence-corrected chi connectivity index (χ1v) is 7.35. The van der Waals surface area contributed by atoms with Crippen LogP contribution in [0, 0.1) is 5.92 Å². The Bertz CT molecular complexity index is 612. The molecule has 3 N–H and O–H groups in total. The highest BCUT2D eigenvalue weighted by Gasteiger charge is 2.09. The zero-order chi connectivity index (χ0) is 15.9. The zero-order valence-electron chi connectivity index (χ0n) is 13.4. The van der Waals surface area contributed by atoms with Gasteiger partial charge in [0, 0.05) is 19.0 Å². The Morgan fingerprint density at radius 2 is 1.61 bits per heavy atom. The molecule has 0 bridgehead atoms. The second-order valence-electron chi connectivity index (χ2n) is 5.28. The molecule has 0 saturated carbocycles. The highest BCUT2D eigenvalue weighted by molar-refractivity contribution is 5.85. The Hall–Kier alpha value is -2.04. The monoisotopic (exact) mass is 334 g/mol. The smallest absolute Gasteiger partial charge is 0.224 e. The zero-order valence-corrected chi connectivity index (χ0v) is 14.2. The molecule has 0 aromatic heterocycles. The van der Waals surface area contributed by atoms with E-state index in [0.29, 0.717) is 13.1 Å². The van der Waals surface area contributed by atoms with Crippen LogP contribution in [0.3, 0.4) is 0 Å². The maximum absolute atomic E-state index is 11.7. The molecule has 0 fully saturated rings. The second-order valence-corrected chi connectivity index (χ2v) is 5.28. The van der Waals surface area contributed by atoms with E-state index in [-0.39, 0.29) is 24.2 Å². The number of amides is 1. The fourth-order valence-corrected chi connectivity index (χ4v) is 2.07. The summed E-state index contributed by atoms with van der Waals surface area (Å²) in [5.41, 5.74) is 8.81. The van der Waals surface area contributed by atoms with E-state index in [2.05, 4.69) is 17.4 Å².